The second-order valence-electron chi connectivity index (χ2n) is 4.87. The zero-order valence-corrected chi connectivity index (χ0v) is 12.8. The lowest BCUT2D eigenvalue weighted by Crippen LogP contribution is -2.20. The minimum atomic E-state index is -4.47. The predicted octanol–water partition coefficient (Wildman–Crippen LogP) is 4.84. The minimum absolute atomic E-state index is 0.0771. The normalized spacial score (nSPS) is 11.2. The van der Waals surface area contributed by atoms with Crippen molar-refractivity contribution in [2.45, 2.75) is 13.1 Å². The van der Waals surface area contributed by atoms with E-state index in [9.17, 15) is 18.0 Å². The number of ether oxygens (including phenoxy) is 1. The fraction of sp³-hybridized carbons (Fsp3) is 0.188. The van der Waals surface area contributed by atoms with E-state index in [0.29, 0.717) is 5.56 Å². The van der Waals surface area contributed by atoms with Crippen LogP contribution in [0.25, 0.3) is 0 Å². The lowest BCUT2D eigenvalue weighted by molar-refractivity contribution is -0.153. The molecule has 0 saturated heterocycles. The molecule has 2 aromatic rings. The monoisotopic (exact) mass is 343 g/mol. The van der Waals surface area contributed by atoms with E-state index in [-0.39, 0.29) is 16.5 Å². The van der Waals surface area contributed by atoms with Crippen LogP contribution in [-0.2, 0) is 0 Å². The first-order valence-corrected chi connectivity index (χ1v) is 6.99. The topological polar surface area (TPSA) is 38.3 Å². The van der Waals surface area contributed by atoms with E-state index >= 15 is 0 Å². The van der Waals surface area contributed by atoms with Gasteiger partial charge in [-0.1, -0.05) is 29.3 Å². The Bertz CT molecular complexity index is 717. The molecule has 0 aliphatic rings. The van der Waals surface area contributed by atoms with E-state index < -0.39 is 18.7 Å². The number of nitrogens with one attached hydrogen (secondary N) is 1. The first kappa shape index (κ1) is 17.1. The molecule has 0 fully saturated rings. The lowest BCUT2D eigenvalue weighted by Gasteiger charge is -2.14. The second kappa shape index (κ2) is 6.91. The molecule has 2 rings (SSSR count). The van der Waals surface area contributed by atoms with Crippen LogP contribution >= 0.6 is 11.6 Å². The third-order valence-electron chi connectivity index (χ3n) is 2.86. The highest BCUT2D eigenvalue weighted by Gasteiger charge is 2.29. The van der Waals surface area contributed by atoms with Gasteiger partial charge in [0.25, 0.3) is 5.91 Å². The van der Waals surface area contributed by atoms with Gasteiger partial charge in [0.1, 0.15) is 5.75 Å². The predicted molar refractivity (Wildman–Crippen MR) is 82.1 cm³/mol. The van der Waals surface area contributed by atoms with Gasteiger partial charge in [-0.2, -0.15) is 13.2 Å². The van der Waals surface area contributed by atoms with E-state index in [1.54, 1.807) is 18.2 Å². The molecule has 0 saturated carbocycles. The molecule has 1 N–H and O–H groups in total. The Labute approximate surface area is 136 Å². The number of halogens is 4. The highest BCUT2D eigenvalue weighted by atomic mass is 35.5. The molecular formula is C16H13ClF3NO2. The number of rotatable bonds is 4. The van der Waals surface area contributed by atoms with Crippen molar-refractivity contribution in [3.63, 3.8) is 0 Å². The van der Waals surface area contributed by atoms with Gasteiger partial charge in [-0.05, 0) is 37.3 Å². The Morgan fingerprint density at radius 2 is 1.96 bits per heavy atom. The Hall–Kier alpha value is -2.21. The molecule has 23 heavy (non-hydrogen) atoms. The maximum atomic E-state index is 12.3. The van der Waals surface area contributed by atoms with Crippen LogP contribution in [0.1, 0.15) is 15.9 Å². The fourth-order valence-electron chi connectivity index (χ4n) is 1.87. The number of alkyl halides is 3. The Kier molecular flexibility index (Phi) is 5.15. The van der Waals surface area contributed by atoms with Crippen LogP contribution in [0.5, 0.6) is 5.75 Å². The van der Waals surface area contributed by atoms with Crippen LogP contribution in [0.2, 0.25) is 5.02 Å². The number of carbonyl (C=O) groups excluding carboxylic acids is 1. The highest BCUT2D eigenvalue weighted by molar-refractivity contribution is 6.31. The maximum absolute atomic E-state index is 12.3. The summed E-state index contributed by atoms with van der Waals surface area (Å²) in [4.78, 5) is 12.2. The summed E-state index contributed by atoms with van der Waals surface area (Å²) in [6, 6.07) is 10.8. The molecule has 0 heterocycles. The Balaban J connectivity index is 2.21. The van der Waals surface area contributed by atoms with E-state index in [0.717, 1.165) is 5.56 Å². The molecule has 3 nitrogen and oxygen atoms in total. The molecule has 0 aromatic heterocycles. The quantitative estimate of drug-likeness (QED) is 0.862. The zero-order valence-electron chi connectivity index (χ0n) is 12.1. The van der Waals surface area contributed by atoms with Crippen molar-refractivity contribution in [3.8, 4) is 5.75 Å². The summed E-state index contributed by atoms with van der Waals surface area (Å²) in [7, 11) is 0. The van der Waals surface area contributed by atoms with Gasteiger partial charge in [0.15, 0.2) is 6.61 Å². The molecule has 0 aliphatic heterocycles. The van der Waals surface area contributed by atoms with E-state index in [2.05, 4.69) is 5.32 Å². The van der Waals surface area contributed by atoms with Crippen molar-refractivity contribution < 1.29 is 22.7 Å². The number of aryl methyl sites for hydroxylation is 1. The third kappa shape index (κ3) is 5.17. The smallest absolute Gasteiger partial charge is 0.422 e. The van der Waals surface area contributed by atoms with Gasteiger partial charge in [0.05, 0.1) is 5.69 Å². The van der Waals surface area contributed by atoms with Crippen LogP contribution in [0.15, 0.2) is 42.5 Å². The number of hydrogen-bond acceptors (Lipinski definition) is 2. The summed E-state index contributed by atoms with van der Waals surface area (Å²) in [5, 5.41) is 2.78. The fourth-order valence-corrected chi connectivity index (χ4v) is 2.04. The SMILES string of the molecule is Cc1cccc(C(=O)Nc2cc(Cl)ccc2OCC(F)(F)F)c1. The molecule has 0 bridgehead atoms. The largest absolute Gasteiger partial charge is 0.482 e. The second-order valence-corrected chi connectivity index (χ2v) is 5.30. The van der Waals surface area contributed by atoms with Crippen LogP contribution in [0.3, 0.4) is 0 Å². The third-order valence-corrected chi connectivity index (χ3v) is 3.10. The number of anilines is 1. The van der Waals surface area contributed by atoms with Crippen LogP contribution < -0.4 is 10.1 Å². The van der Waals surface area contributed by atoms with Crippen molar-refractivity contribution >= 4 is 23.2 Å². The average Bonchev–Trinajstić information content (AvgIpc) is 2.45. The van der Waals surface area contributed by atoms with Gasteiger partial charge >= 0.3 is 6.18 Å². The molecule has 0 radical (unpaired) electrons. The summed E-state index contributed by atoms with van der Waals surface area (Å²) in [5.41, 5.74) is 1.34. The molecular weight excluding hydrogens is 331 g/mol. The molecule has 0 spiro atoms. The zero-order chi connectivity index (χ0) is 17.0. The van der Waals surface area contributed by atoms with Gasteiger partial charge in [-0.3, -0.25) is 4.79 Å². The van der Waals surface area contributed by atoms with Crippen molar-refractivity contribution in [3.05, 3.63) is 58.6 Å². The van der Waals surface area contributed by atoms with Gasteiger partial charge in [0.2, 0.25) is 0 Å². The average molecular weight is 344 g/mol. The minimum Gasteiger partial charge on any atom is -0.482 e. The summed E-state index contributed by atoms with van der Waals surface area (Å²) in [6.45, 7) is 0.371. The van der Waals surface area contributed by atoms with Crippen molar-refractivity contribution in [2.24, 2.45) is 0 Å². The van der Waals surface area contributed by atoms with Crippen LogP contribution in [-0.4, -0.2) is 18.7 Å². The van der Waals surface area contributed by atoms with Gasteiger partial charge in [0, 0.05) is 10.6 Å². The van der Waals surface area contributed by atoms with Gasteiger partial charge < -0.3 is 10.1 Å². The van der Waals surface area contributed by atoms with Crippen molar-refractivity contribution in [1.82, 2.24) is 0 Å². The highest BCUT2D eigenvalue weighted by Crippen LogP contribution is 2.30. The summed E-state index contributed by atoms with van der Waals surface area (Å²) in [5.74, 6) is -0.569. The molecule has 0 atom stereocenters. The summed E-state index contributed by atoms with van der Waals surface area (Å²) in [6.07, 6.45) is -4.47. The standard InChI is InChI=1S/C16H13ClF3NO2/c1-10-3-2-4-11(7-10)15(22)21-13-8-12(17)5-6-14(13)23-9-16(18,19)20/h2-8H,9H2,1H3,(H,21,22). The Morgan fingerprint density at radius 3 is 2.61 bits per heavy atom. The lowest BCUT2D eigenvalue weighted by atomic mass is 10.1. The number of amides is 1. The van der Waals surface area contributed by atoms with E-state index in [4.69, 9.17) is 16.3 Å². The number of carbonyl (C=O) groups is 1. The summed E-state index contributed by atoms with van der Waals surface area (Å²) >= 11 is 5.83. The molecule has 0 aliphatic carbocycles. The molecule has 122 valence electrons. The van der Waals surface area contributed by atoms with Crippen molar-refractivity contribution in [2.75, 3.05) is 11.9 Å². The van der Waals surface area contributed by atoms with Gasteiger partial charge in [-0.25, -0.2) is 0 Å². The molecule has 7 heteroatoms. The summed E-state index contributed by atoms with van der Waals surface area (Å²) < 4.78 is 41.6. The first-order chi connectivity index (χ1) is 10.7. The number of benzene rings is 2. The van der Waals surface area contributed by atoms with E-state index in [1.807, 2.05) is 13.0 Å². The van der Waals surface area contributed by atoms with Crippen molar-refractivity contribution in [1.29, 1.82) is 0 Å². The first-order valence-electron chi connectivity index (χ1n) is 6.62. The van der Waals surface area contributed by atoms with E-state index in [1.165, 1.54) is 18.2 Å². The number of hydrogen-bond donors (Lipinski definition) is 1. The molecule has 0 unspecified atom stereocenters. The molecule has 2 aromatic carbocycles. The molecule has 1 amide bonds. The Morgan fingerprint density at radius 1 is 1.22 bits per heavy atom. The maximum Gasteiger partial charge on any atom is 0.422 e. The van der Waals surface area contributed by atoms with Crippen LogP contribution in [0.4, 0.5) is 18.9 Å². The van der Waals surface area contributed by atoms with Gasteiger partial charge in [-0.15, -0.1) is 0 Å². The van der Waals surface area contributed by atoms with Crippen LogP contribution in [0, 0.1) is 6.92 Å².